The molecule has 86 valence electrons. The summed E-state index contributed by atoms with van der Waals surface area (Å²) in [6.07, 6.45) is 1.25. The minimum atomic E-state index is -0.186. The second-order valence-electron chi connectivity index (χ2n) is 3.65. The first-order valence-electron chi connectivity index (χ1n) is 5.34. The van der Waals surface area contributed by atoms with Crippen LogP contribution in [0.25, 0.3) is 0 Å². The van der Waals surface area contributed by atoms with Crippen LogP contribution in [0.3, 0.4) is 0 Å². The fourth-order valence-electron chi connectivity index (χ4n) is 1.49. The van der Waals surface area contributed by atoms with Crippen molar-refractivity contribution in [3.05, 3.63) is 0 Å². The van der Waals surface area contributed by atoms with Crippen LogP contribution in [0.4, 0.5) is 0 Å². The lowest BCUT2D eigenvalue weighted by atomic mass is 10.3. The van der Waals surface area contributed by atoms with Crippen LogP contribution >= 0.6 is 0 Å². The van der Waals surface area contributed by atoms with Crippen LogP contribution in [0.15, 0.2) is 0 Å². The number of hydrogen-bond acceptors (Lipinski definition) is 4. The molecular formula is C10H18N2O3. The van der Waals surface area contributed by atoms with Crippen molar-refractivity contribution < 1.29 is 14.4 Å². The first kappa shape index (κ1) is 12.0. The van der Waals surface area contributed by atoms with E-state index in [1.54, 1.807) is 16.9 Å². The van der Waals surface area contributed by atoms with Crippen LogP contribution in [0.5, 0.6) is 0 Å². The van der Waals surface area contributed by atoms with Gasteiger partial charge in [0.1, 0.15) is 0 Å². The molecule has 0 N–H and O–H groups in total. The number of hydroxylamine groups is 2. The van der Waals surface area contributed by atoms with Gasteiger partial charge < -0.3 is 9.74 Å². The molecule has 15 heavy (non-hydrogen) atoms. The van der Waals surface area contributed by atoms with Crippen molar-refractivity contribution >= 4 is 11.9 Å². The second kappa shape index (κ2) is 5.70. The molecule has 0 aliphatic carbocycles. The summed E-state index contributed by atoms with van der Waals surface area (Å²) in [5.74, 6) is -0.108. The topological polar surface area (TPSA) is 49.9 Å². The zero-order valence-electron chi connectivity index (χ0n) is 9.36. The molecule has 0 spiro atoms. The number of nitrogens with zero attached hydrogens (tertiary/aromatic N) is 2. The van der Waals surface area contributed by atoms with Crippen molar-refractivity contribution in [2.75, 3.05) is 26.2 Å². The molecule has 0 bridgehead atoms. The Morgan fingerprint density at radius 2 is 1.80 bits per heavy atom. The maximum atomic E-state index is 11.2. The van der Waals surface area contributed by atoms with Crippen molar-refractivity contribution in [3.63, 3.8) is 0 Å². The number of carbonyl (C=O) groups excluding carboxylic acids is 2. The standard InChI is InChI=1S/C10H18N2O3/c1-3-4-10(14)15-12-7-5-11(6-8-12)9(2)13/h3-8H2,1-2H3. The Labute approximate surface area is 89.9 Å². The molecule has 1 rings (SSSR count). The largest absolute Gasteiger partial charge is 0.368 e. The third-order valence-corrected chi connectivity index (χ3v) is 2.37. The maximum Gasteiger partial charge on any atom is 0.325 e. The van der Waals surface area contributed by atoms with Crippen LogP contribution < -0.4 is 0 Å². The Kier molecular flexibility index (Phi) is 4.55. The molecule has 1 aliphatic heterocycles. The molecule has 0 radical (unpaired) electrons. The van der Waals surface area contributed by atoms with Crippen LogP contribution in [-0.4, -0.2) is 48.0 Å². The van der Waals surface area contributed by atoms with E-state index in [9.17, 15) is 9.59 Å². The Hall–Kier alpha value is -1.10. The van der Waals surface area contributed by atoms with Crippen LogP contribution in [0, 0.1) is 0 Å². The minimum absolute atomic E-state index is 0.0783. The van der Waals surface area contributed by atoms with Crippen molar-refractivity contribution in [3.8, 4) is 0 Å². The van der Waals surface area contributed by atoms with Crippen LogP contribution in [-0.2, 0) is 14.4 Å². The Morgan fingerprint density at radius 1 is 1.20 bits per heavy atom. The highest BCUT2D eigenvalue weighted by Gasteiger charge is 2.20. The van der Waals surface area contributed by atoms with Gasteiger partial charge in [-0.2, -0.15) is 0 Å². The van der Waals surface area contributed by atoms with Crippen LogP contribution in [0.1, 0.15) is 26.7 Å². The summed E-state index contributed by atoms with van der Waals surface area (Å²) in [5.41, 5.74) is 0. The summed E-state index contributed by atoms with van der Waals surface area (Å²) in [7, 11) is 0. The maximum absolute atomic E-state index is 11.2. The number of piperazine rings is 1. The van der Waals surface area contributed by atoms with Crippen molar-refractivity contribution in [2.45, 2.75) is 26.7 Å². The van der Waals surface area contributed by atoms with Gasteiger partial charge in [-0.15, -0.1) is 5.06 Å². The van der Waals surface area contributed by atoms with Gasteiger partial charge in [0, 0.05) is 26.4 Å². The molecule has 1 fully saturated rings. The van der Waals surface area contributed by atoms with Gasteiger partial charge in [0.25, 0.3) is 0 Å². The first-order chi connectivity index (χ1) is 7.13. The summed E-state index contributed by atoms with van der Waals surface area (Å²) in [4.78, 5) is 29.1. The van der Waals surface area contributed by atoms with E-state index in [4.69, 9.17) is 4.84 Å². The Balaban J connectivity index is 2.25. The molecule has 0 atom stereocenters. The van der Waals surface area contributed by atoms with E-state index in [1.807, 2.05) is 6.92 Å². The highest BCUT2D eigenvalue weighted by atomic mass is 16.7. The average molecular weight is 214 g/mol. The molecule has 5 nitrogen and oxygen atoms in total. The van der Waals surface area contributed by atoms with Gasteiger partial charge in [-0.3, -0.25) is 9.59 Å². The molecular weight excluding hydrogens is 196 g/mol. The van der Waals surface area contributed by atoms with E-state index in [0.717, 1.165) is 6.42 Å². The lowest BCUT2D eigenvalue weighted by Gasteiger charge is -2.32. The zero-order valence-corrected chi connectivity index (χ0v) is 9.36. The van der Waals surface area contributed by atoms with Gasteiger partial charge in [0.05, 0.1) is 13.1 Å². The normalized spacial score (nSPS) is 17.6. The lowest BCUT2D eigenvalue weighted by Crippen LogP contribution is -2.48. The van der Waals surface area contributed by atoms with Crippen molar-refractivity contribution in [1.82, 2.24) is 9.96 Å². The minimum Gasteiger partial charge on any atom is -0.368 e. The second-order valence-corrected chi connectivity index (χ2v) is 3.65. The fourth-order valence-corrected chi connectivity index (χ4v) is 1.49. The SMILES string of the molecule is CCCC(=O)ON1CCN(C(C)=O)CC1. The smallest absolute Gasteiger partial charge is 0.325 e. The molecule has 1 heterocycles. The van der Waals surface area contributed by atoms with Crippen LogP contribution in [0.2, 0.25) is 0 Å². The van der Waals surface area contributed by atoms with E-state index in [0.29, 0.717) is 32.6 Å². The van der Waals surface area contributed by atoms with Gasteiger partial charge in [0.2, 0.25) is 5.91 Å². The quantitative estimate of drug-likeness (QED) is 0.682. The summed E-state index contributed by atoms with van der Waals surface area (Å²) in [6, 6.07) is 0. The molecule has 0 aromatic carbocycles. The number of carbonyl (C=O) groups is 2. The molecule has 1 amide bonds. The predicted octanol–water partition coefficient (Wildman–Crippen LogP) is 0.409. The van der Waals surface area contributed by atoms with Gasteiger partial charge in [-0.1, -0.05) is 6.92 Å². The first-order valence-corrected chi connectivity index (χ1v) is 5.34. The van der Waals surface area contributed by atoms with E-state index >= 15 is 0 Å². The van der Waals surface area contributed by atoms with E-state index < -0.39 is 0 Å². The molecule has 0 unspecified atom stereocenters. The predicted molar refractivity (Wildman–Crippen MR) is 54.8 cm³/mol. The molecule has 5 heteroatoms. The molecule has 0 aromatic rings. The number of hydrogen-bond donors (Lipinski definition) is 0. The van der Waals surface area contributed by atoms with E-state index in [1.165, 1.54) is 0 Å². The van der Waals surface area contributed by atoms with Gasteiger partial charge in [-0.25, -0.2) is 0 Å². The Morgan fingerprint density at radius 3 is 2.27 bits per heavy atom. The molecule has 1 aliphatic rings. The third-order valence-electron chi connectivity index (χ3n) is 2.37. The lowest BCUT2D eigenvalue weighted by molar-refractivity contribution is -0.197. The average Bonchev–Trinajstić information content (AvgIpc) is 2.18. The summed E-state index contributed by atoms with van der Waals surface area (Å²) in [6.45, 7) is 5.97. The van der Waals surface area contributed by atoms with Gasteiger partial charge in [-0.05, 0) is 6.42 Å². The van der Waals surface area contributed by atoms with Crippen molar-refractivity contribution in [2.24, 2.45) is 0 Å². The number of amides is 1. The fraction of sp³-hybridized carbons (Fsp3) is 0.800. The van der Waals surface area contributed by atoms with Gasteiger partial charge in [0.15, 0.2) is 0 Å². The number of rotatable bonds is 3. The van der Waals surface area contributed by atoms with E-state index in [2.05, 4.69) is 0 Å². The monoisotopic (exact) mass is 214 g/mol. The highest BCUT2D eigenvalue weighted by molar-refractivity contribution is 5.73. The summed E-state index contributed by atoms with van der Waals surface area (Å²) < 4.78 is 0. The third kappa shape index (κ3) is 3.87. The van der Waals surface area contributed by atoms with Gasteiger partial charge >= 0.3 is 5.97 Å². The highest BCUT2D eigenvalue weighted by Crippen LogP contribution is 2.04. The van der Waals surface area contributed by atoms with E-state index in [-0.39, 0.29) is 11.9 Å². The molecule has 0 saturated carbocycles. The zero-order chi connectivity index (χ0) is 11.3. The summed E-state index contributed by atoms with van der Waals surface area (Å²) >= 11 is 0. The van der Waals surface area contributed by atoms with Crippen molar-refractivity contribution in [1.29, 1.82) is 0 Å². The Bertz CT molecular complexity index is 235. The molecule has 1 saturated heterocycles. The molecule has 0 aromatic heterocycles. The summed E-state index contributed by atoms with van der Waals surface area (Å²) in [5, 5.41) is 1.64.